The van der Waals surface area contributed by atoms with Gasteiger partial charge in [0.1, 0.15) is 11.1 Å². The number of nitrogens with one attached hydrogen (secondary N) is 1. The van der Waals surface area contributed by atoms with Crippen molar-refractivity contribution < 1.29 is 27.1 Å². The first kappa shape index (κ1) is 42.2. The molecule has 11 nitrogen and oxygen atoms in total. The summed E-state index contributed by atoms with van der Waals surface area (Å²) in [5.41, 5.74) is 1.85. The lowest BCUT2D eigenvalue weighted by Gasteiger charge is -2.53. The Morgan fingerprint density at radius 3 is 2.27 bits per heavy atom. The number of likely N-dealkylation sites (tertiary alicyclic amines) is 4. The Morgan fingerprint density at radius 2 is 1.58 bits per heavy atom. The standard InChI is InChI=1S/C46H65FN6O5S/c1-58-45(55)48-43-12-6-11-42(43)46(34-51-24-8-25-51,37-9-5-10-38(47)29-37)36-19-26-50(27-20-36)30-35-18-28-52(31-35)39-14-16-40(17-15-39)59(56,57)41-32-53(33-41)44(54)13-7-23-49-21-3-2-4-22-49/h5,7,9-10,13-17,29,35-36,41-43H,2-4,6,8,11-12,18-28,30-34H2,1H3,(H,48,55)/b13-7+/t35-,42-,43-,46-/m0/s1. The van der Waals surface area contributed by atoms with Crippen LogP contribution in [0.15, 0.2) is 65.6 Å². The zero-order valence-corrected chi connectivity index (χ0v) is 35.8. The van der Waals surface area contributed by atoms with Crippen LogP contribution in [0, 0.1) is 23.6 Å². The van der Waals surface area contributed by atoms with E-state index in [1.54, 1.807) is 35.2 Å². The predicted molar refractivity (Wildman–Crippen MR) is 229 cm³/mol. The molecule has 13 heteroatoms. The smallest absolute Gasteiger partial charge is 0.407 e. The van der Waals surface area contributed by atoms with E-state index in [1.165, 1.54) is 32.8 Å². The minimum Gasteiger partial charge on any atom is -0.453 e. The van der Waals surface area contributed by atoms with Gasteiger partial charge in [-0.25, -0.2) is 17.6 Å². The Balaban J connectivity index is 0.855. The van der Waals surface area contributed by atoms with Crippen molar-refractivity contribution in [3.63, 3.8) is 0 Å². The number of piperidine rings is 2. The van der Waals surface area contributed by atoms with E-state index in [0.29, 0.717) is 16.7 Å². The van der Waals surface area contributed by atoms with Gasteiger partial charge >= 0.3 is 6.09 Å². The van der Waals surface area contributed by atoms with Gasteiger partial charge in [0.15, 0.2) is 9.84 Å². The van der Waals surface area contributed by atoms with E-state index in [9.17, 15) is 18.0 Å². The van der Waals surface area contributed by atoms with Crippen LogP contribution in [0.3, 0.4) is 0 Å². The molecule has 0 radical (unpaired) electrons. The Kier molecular flexibility index (Phi) is 13.3. The van der Waals surface area contributed by atoms with Crippen LogP contribution in [0.1, 0.15) is 69.8 Å². The van der Waals surface area contributed by atoms with E-state index in [2.05, 4.69) is 31.0 Å². The van der Waals surface area contributed by atoms with Crippen LogP contribution in [0.4, 0.5) is 14.9 Å². The molecule has 322 valence electrons. The summed E-state index contributed by atoms with van der Waals surface area (Å²) in [6.07, 6.45) is 14.1. The zero-order valence-electron chi connectivity index (χ0n) is 35.0. The quantitative estimate of drug-likeness (QED) is 0.245. The van der Waals surface area contributed by atoms with Gasteiger partial charge in [0.05, 0.1) is 12.0 Å². The molecule has 2 aromatic carbocycles. The molecule has 2 amide bonds. The van der Waals surface area contributed by atoms with Crippen LogP contribution in [-0.2, 0) is 24.8 Å². The van der Waals surface area contributed by atoms with Crippen LogP contribution in [0.2, 0.25) is 0 Å². The van der Waals surface area contributed by atoms with Crippen molar-refractivity contribution in [2.24, 2.45) is 17.8 Å². The average molecular weight is 833 g/mol. The third-order valence-electron chi connectivity index (χ3n) is 14.8. The monoisotopic (exact) mass is 832 g/mol. The van der Waals surface area contributed by atoms with Gasteiger partial charge in [-0.1, -0.05) is 31.1 Å². The van der Waals surface area contributed by atoms with Gasteiger partial charge in [0.25, 0.3) is 0 Å². The highest BCUT2D eigenvalue weighted by molar-refractivity contribution is 7.92. The van der Waals surface area contributed by atoms with E-state index in [1.807, 2.05) is 24.3 Å². The molecule has 8 rings (SSSR count). The second-order valence-electron chi connectivity index (χ2n) is 18.3. The van der Waals surface area contributed by atoms with Crippen LogP contribution in [0.25, 0.3) is 0 Å². The zero-order chi connectivity index (χ0) is 41.0. The highest BCUT2D eigenvalue weighted by atomic mass is 32.2. The molecule has 2 aromatic rings. The fourth-order valence-electron chi connectivity index (χ4n) is 11.4. The fraction of sp³-hybridized carbons (Fsp3) is 0.652. The first-order valence-corrected chi connectivity index (χ1v) is 24.0. The lowest BCUT2D eigenvalue weighted by molar-refractivity contribution is -0.129. The molecule has 59 heavy (non-hydrogen) atoms. The van der Waals surface area contributed by atoms with Gasteiger partial charge in [-0.05, 0) is 150 Å². The van der Waals surface area contributed by atoms with E-state index >= 15 is 4.39 Å². The number of methoxy groups -OCH3 is 1. The number of benzene rings is 2. The number of rotatable bonds is 14. The van der Waals surface area contributed by atoms with Crippen LogP contribution in [-0.4, -0.2) is 144 Å². The van der Waals surface area contributed by atoms with Crippen molar-refractivity contribution in [2.45, 2.75) is 85.8 Å². The highest BCUT2D eigenvalue weighted by Gasteiger charge is 2.53. The van der Waals surface area contributed by atoms with E-state index in [-0.39, 0.29) is 48.3 Å². The van der Waals surface area contributed by atoms with E-state index in [4.69, 9.17) is 4.74 Å². The number of amides is 2. The summed E-state index contributed by atoms with van der Waals surface area (Å²) in [5.74, 6) is 0.758. The molecule has 1 aliphatic carbocycles. The van der Waals surface area contributed by atoms with E-state index < -0.39 is 15.1 Å². The molecule has 5 aliphatic heterocycles. The summed E-state index contributed by atoms with van der Waals surface area (Å²) in [7, 11) is -2.11. The molecule has 0 spiro atoms. The molecule has 0 aromatic heterocycles. The van der Waals surface area contributed by atoms with Crippen molar-refractivity contribution in [3.05, 3.63) is 72.1 Å². The van der Waals surface area contributed by atoms with Crippen LogP contribution >= 0.6 is 0 Å². The summed E-state index contributed by atoms with van der Waals surface area (Å²) in [6.45, 7) is 11.3. The lowest BCUT2D eigenvalue weighted by atomic mass is 9.57. The molecule has 6 aliphatic rings. The molecule has 5 saturated heterocycles. The highest BCUT2D eigenvalue weighted by Crippen LogP contribution is 2.51. The maximum absolute atomic E-state index is 15.1. The Labute approximate surface area is 351 Å². The third-order valence-corrected chi connectivity index (χ3v) is 16.9. The van der Waals surface area contributed by atoms with Crippen molar-refractivity contribution in [3.8, 4) is 0 Å². The third kappa shape index (κ3) is 9.38. The van der Waals surface area contributed by atoms with Gasteiger partial charge in [0.2, 0.25) is 5.91 Å². The number of alkyl carbamates (subject to hydrolysis) is 1. The van der Waals surface area contributed by atoms with Gasteiger partial charge in [-0.2, -0.15) is 0 Å². The van der Waals surface area contributed by atoms with Crippen LogP contribution < -0.4 is 10.2 Å². The summed E-state index contributed by atoms with van der Waals surface area (Å²) >= 11 is 0. The number of hydrogen-bond acceptors (Lipinski definition) is 9. The average Bonchev–Trinajstić information content (AvgIpc) is 3.88. The maximum atomic E-state index is 15.1. The maximum Gasteiger partial charge on any atom is 0.407 e. The fourth-order valence-corrected chi connectivity index (χ4v) is 13.0. The number of hydrogen-bond donors (Lipinski definition) is 1. The summed E-state index contributed by atoms with van der Waals surface area (Å²) in [5, 5.41) is 2.63. The van der Waals surface area contributed by atoms with Gasteiger partial charge in [-0.15, -0.1) is 0 Å². The Bertz CT molecular complexity index is 1890. The molecular formula is C46H65FN6O5S. The molecule has 1 saturated carbocycles. The largest absolute Gasteiger partial charge is 0.453 e. The van der Waals surface area contributed by atoms with Crippen molar-refractivity contribution in [2.75, 3.05) is 97.1 Å². The van der Waals surface area contributed by atoms with Gasteiger partial charge in [-0.3, -0.25) is 9.69 Å². The Morgan fingerprint density at radius 1 is 0.831 bits per heavy atom. The van der Waals surface area contributed by atoms with Crippen molar-refractivity contribution in [1.82, 2.24) is 24.9 Å². The molecule has 0 bridgehead atoms. The SMILES string of the molecule is COC(=O)N[C@H]1CCC[C@@H]1[C@](CN1CCC1)(c1cccc(F)c1)C1CCN(C[C@@H]2CCN(c3ccc(S(=O)(=O)C4CN(C(=O)/C=C/CN5CCCCC5)C4)cc3)C2)CC1. The summed E-state index contributed by atoms with van der Waals surface area (Å²) in [4.78, 5) is 37.1. The second-order valence-corrected chi connectivity index (χ2v) is 20.5. The molecule has 5 heterocycles. The minimum absolute atomic E-state index is 0.00969. The molecular weight excluding hydrogens is 768 g/mol. The number of carbonyl (C=O) groups is 2. The van der Waals surface area contributed by atoms with Crippen molar-refractivity contribution in [1.29, 1.82) is 0 Å². The number of nitrogens with zero attached hydrogens (tertiary/aromatic N) is 5. The normalized spacial score (nSPS) is 26.4. The number of carbonyl (C=O) groups excluding carboxylic acids is 2. The number of ether oxygens (including phenoxy) is 1. The molecule has 0 unspecified atom stereocenters. The first-order chi connectivity index (χ1) is 28.6. The Hall–Kier alpha value is -3.52. The van der Waals surface area contributed by atoms with Crippen molar-refractivity contribution >= 4 is 27.5 Å². The minimum atomic E-state index is -3.53. The summed E-state index contributed by atoms with van der Waals surface area (Å²) < 4.78 is 47.1. The molecule has 6 fully saturated rings. The molecule has 4 atom stereocenters. The summed E-state index contributed by atoms with van der Waals surface area (Å²) in [6, 6.07) is 14.7. The van der Waals surface area contributed by atoms with Gasteiger partial charge < -0.3 is 29.7 Å². The first-order valence-electron chi connectivity index (χ1n) is 22.4. The van der Waals surface area contributed by atoms with E-state index in [0.717, 1.165) is 122 Å². The van der Waals surface area contributed by atoms with Gasteiger partial charge in [0, 0.05) is 69.0 Å². The lowest BCUT2D eigenvalue weighted by Crippen LogP contribution is -2.59. The predicted octanol–water partition coefficient (Wildman–Crippen LogP) is 5.56. The number of anilines is 1. The molecule has 1 N–H and O–H groups in total. The number of halogens is 1. The topological polar surface area (TPSA) is 106 Å². The van der Waals surface area contributed by atoms with Crippen LogP contribution in [0.5, 0.6) is 0 Å². The second kappa shape index (κ2) is 18.6. The number of sulfone groups is 1.